The van der Waals surface area contributed by atoms with Crippen LogP contribution < -0.4 is 10.6 Å². The number of hydrogen-bond donors (Lipinski definition) is 2. The molecule has 136 valence electrons. The molecule has 2 heterocycles. The van der Waals surface area contributed by atoms with Gasteiger partial charge in [0.15, 0.2) is 0 Å². The Kier molecular flexibility index (Phi) is 6.20. The smallest absolute Gasteiger partial charge is 0.240 e. The predicted molar refractivity (Wildman–Crippen MR) is 99.4 cm³/mol. The Labute approximate surface area is 157 Å². The summed E-state index contributed by atoms with van der Waals surface area (Å²) in [5.74, 6) is -0.244. The van der Waals surface area contributed by atoms with Gasteiger partial charge in [0.05, 0.1) is 12.5 Å². The summed E-state index contributed by atoms with van der Waals surface area (Å²) >= 11 is 6.19. The number of rotatable bonds is 6. The zero-order valence-corrected chi connectivity index (χ0v) is 15.1. The maximum Gasteiger partial charge on any atom is 0.240 e. The van der Waals surface area contributed by atoms with Crippen LogP contribution in [0.4, 0.5) is 0 Å². The first-order valence-corrected chi connectivity index (χ1v) is 8.92. The number of hydrogen-bond acceptors (Lipinski definition) is 4. The second-order valence-corrected chi connectivity index (χ2v) is 6.61. The van der Waals surface area contributed by atoms with Crippen LogP contribution in [0.3, 0.4) is 0 Å². The average molecular weight is 373 g/mol. The molecule has 1 unspecified atom stereocenters. The van der Waals surface area contributed by atoms with E-state index in [1.54, 1.807) is 17.3 Å². The highest BCUT2D eigenvalue weighted by atomic mass is 35.5. The van der Waals surface area contributed by atoms with Crippen molar-refractivity contribution in [2.45, 2.75) is 25.6 Å². The summed E-state index contributed by atoms with van der Waals surface area (Å²) in [4.78, 5) is 30.6. The molecule has 6 nitrogen and oxygen atoms in total. The topological polar surface area (TPSA) is 74.3 Å². The lowest BCUT2D eigenvalue weighted by Gasteiger charge is -2.33. The van der Waals surface area contributed by atoms with Crippen LogP contribution in [0, 0.1) is 0 Å². The molecule has 0 saturated carbocycles. The van der Waals surface area contributed by atoms with Gasteiger partial charge in [-0.1, -0.05) is 35.9 Å². The number of aromatic nitrogens is 1. The molecule has 26 heavy (non-hydrogen) atoms. The molecule has 7 heteroatoms. The van der Waals surface area contributed by atoms with E-state index >= 15 is 0 Å². The molecule has 1 fully saturated rings. The number of nitrogens with zero attached hydrogens (tertiary/aromatic N) is 2. The summed E-state index contributed by atoms with van der Waals surface area (Å²) in [6.45, 7) is 2.10. The zero-order valence-electron chi connectivity index (χ0n) is 14.3. The van der Waals surface area contributed by atoms with Gasteiger partial charge >= 0.3 is 0 Å². The number of amides is 2. The SMILES string of the molecule is O=C(CC1NCCN(Cc2ccccc2Cl)C1=O)NCc1cccnc1. The summed E-state index contributed by atoms with van der Waals surface area (Å²) in [6, 6.07) is 10.7. The van der Waals surface area contributed by atoms with Crippen molar-refractivity contribution in [2.24, 2.45) is 0 Å². The maximum absolute atomic E-state index is 12.7. The molecule has 1 atom stereocenters. The average Bonchev–Trinajstić information content (AvgIpc) is 2.66. The van der Waals surface area contributed by atoms with Crippen molar-refractivity contribution >= 4 is 23.4 Å². The zero-order chi connectivity index (χ0) is 18.4. The van der Waals surface area contributed by atoms with Crippen molar-refractivity contribution in [3.63, 3.8) is 0 Å². The Morgan fingerprint density at radius 2 is 2.15 bits per heavy atom. The monoisotopic (exact) mass is 372 g/mol. The molecule has 0 spiro atoms. The van der Waals surface area contributed by atoms with E-state index in [4.69, 9.17) is 11.6 Å². The van der Waals surface area contributed by atoms with Crippen LogP contribution >= 0.6 is 11.6 Å². The summed E-state index contributed by atoms with van der Waals surface area (Å²) in [5.41, 5.74) is 1.83. The minimum Gasteiger partial charge on any atom is -0.352 e. The second-order valence-electron chi connectivity index (χ2n) is 6.20. The van der Waals surface area contributed by atoms with Gasteiger partial charge in [0.1, 0.15) is 0 Å². The fourth-order valence-corrected chi connectivity index (χ4v) is 3.10. The molecule has 0 bridgehead atoms. The summed E-state index contributed by atoms with van der Waals surface area (Å²) in [7, 11) is 0. The normalized spacial score (nSPS) is 17.2. The van der Waals surface area contributed by atoms with E-state index in [9.17, 15) is 9.59 Å². The van der Waals surface area contributed by atoms with Crippen LogP contribution in [-0.4, -0.2) is 40.8 Å². The van der Waals surface area contributed by atoms with Gasteiger partial charge in [0.25, 0.3) is 0 Å². The van der Waals surface area contributed by atoms with Crippen LogP contribution in [0.25, 0.3) is 0 Å². The van der Waals surface area contributed by atoms with E-state index in [0.717, 1.165) is 11.1 Å². The molecule has 1 aliphatic heterocycles. The highest BCUT2D eigenvalue weighted by molar-refractivity contribution is 6.31. The van der Waals surface area contributed by atoms with E-state index in [0.29, 0.717) is 31.2 Å². The van der Waals surface area contributed by atoms with Crippen molar-refractivity contribution in [3.05, 3.63) is 64.9 Å². The van der Waals surface area contributed by atoms with Gasteiger partial charge < -0.3 is 15.5 Å². The van der Waals surface area contributed by atoms with Crippen molar-refractivity contribution in [2.75, 3.05) is 13.1 Å². The number of piperazine rings is 1. The molecular formula is C19H21ClN4O2. The molecule has 2 amide bonds. The van der Waals surface area contributed by atoms with Crippen molar-refractivity contribution in [1.29, 1.82) is 0 Å². The van der Waals surface area contributed by atoms with Gasteiger partial charge in [0.2, 0.25) is 11.8 Å². The lowest BCUT2D eigenvalue weighted by molar-refractivity contribution is -0.138. The third-order valence-electron chi connectivity index (χ3n) is 4.30. The maximum atomic E-state index is 12.7. The molecule has 1 aromatic heterocycles. The van der Waals surface area contributed by atoms with Crippen LogP contribution in [-0.2, 0) is 22.7 Å². The molecule has 2 N–H and O–H groups in total. The number of benzene rings is 1. The Morgan fingerprint density at radius 3 is 2.92 bits per heavy atom. The van der Waals surface area contributed by atoms with Gasteiger partial charge in [-0.3, -0.25) is 14.6 Å². The number of carbonyl (C=O) groups is 2. The highest BCUT2D eigenvalue weighted by Gasteiger charge is 2.30. The Balaban J connectivity index is 1.54. The molecule has 2 aromatic rings. The van der Waals surface area contributed by atoms with Crippen molar-refractivity contribution < 1.29 is 9.59 Å². The van der Waals surface area contributed by atoms with Gasteiger partial charge in [0, 0.05) is 43.6 Å². The third kappa shape index (κ3) is 4.80. The lowest BCUT2D eigenvalue weighted by Crippen LogP contribution is -2.55. The van der Waals surface area contributed by atoms with Gasteiger partial charge in [-0.2, -0.15) is 0 Å². The first-order valence-electron chi connectivity index (χ1n) is 8.54. The van der Waals surface area contributed by atoms with Gasteiger partial charge in [-0.25, -0.2) is 0 Å². The molecule has 1 aliphatic rings. The largest absolute Gasteiger partial charge is 0.352 e. The first-order chi connectivity index (χ1) is 12.6. The molecule has 0 aliphatic carbocycles. The Morgan fingerprint density at radius 1 is 1.31 bits per heavy atom. The fourth-order valence-electron chi connectivity index (χ4n) is 2.90. The minimum absolute atomic E-state index is 0.0762. The molecular weight excluding hydrogens is 352 g/mol. The number of carbonyl (C=O) groups excluding carboxylic acids is 2. The molecule has 3 rings (SSSR count). The van der Waals surface area contributed by atoms with E-state index in [1.807, 2.05) is 36.4 Å². The lowest BCUT2D eigenvalue weighted by atomic mass is 10.1. The van der Waals surface area contributed by atoms with E-state index in [1.165, 1.54) is 0 Å². The predicted octanol–water partition coefficient (Wildman–Crippen LogP) is 1.74. The van der Waals surface area contributed by atoms with Crippen molar-refractivity contribution in [3.8, 4) is 0 Å². The standard InChI is InChI=1S/C19H21ClN4O2/c20-16-6-2-1-5-15(16)13-24-9-8-22-17(19(24)26)10-18(25)23-12-14-4-3-7-21-11-14/h1-7,11,17,22H,8-10,12-13H2,(H,23,25). The molecule has 1 aromatic carbocycles. The van der Waals surface area contributed by atoms with E-state index in [-0.39, 0.29) is 18.2 Å². The van der Waals surface area contributed by atoms with Crippen LogP contribution in [0.5, 0.6) is 0 Å². The van der Waals surface area contributed by atoms with Crippen LogP contribution in [0.1, 0.15) is 17.5 Å². The van der Waals surface area contributed by atoms with Gasteiger partial charge in [-0.05, 0) is 23.3 Å². The van der Waals surface area contributed by atoms with Crippen LogP contribution in [0.15, 0.2) is 48.8 Å². The number of pyridine rings is 1. The highest BCUT2D eigenvalue weighted by Crippen LogP contribution is 2.18. The first kappa shape index (κ1) is 18.4. The third-order valence-corrected chi connectivity index (χ3v) is 4.67. The number of nitrogens with one attached hydrogen (secondary N) is 2. The summed E-state index contributed by atoms with van der Waals surface area (Å²) in [6.07, 6.45) is 3.50. The Bertz CT molecular complexity index is 769. The Hall–Kier alpha value is -2.44. The van der Waals surface area contributed by atoms with Gasteiger partial charge in [-0.15, -0.1) is 0 Å². The minimum atomic E-state index is -0.514. The fraction of sp³-hybridized carbons (Fsp3) is 0.316. The molecule has 0 radical (unpaired) electrons. The second kappa shape index (κ2) is 8.78. The number of halogens is 1. The molecule has 1 saturated heterocycles. The summed E-state index contributed by atoms with van der Waals surface area (Å²) in [5, 5.41) is 6.60. The van der Waals surface area contributed by atoms with Crippen LogP contribution in [0.2, 0.25) is 5.02 Å². The van der Waals surface area contributed by atoms with E-state index in [2.05, 4.69) is 15.6 Å². The summed E-state index contributed by atoms with van der Waals surface area (Å²) < 4.78 is 0. The van der Waals surface area contributed by atoms with Crippen molar-refractivity contribution in [1.82, 2.24) is 20.5 Å². The quantitative estimate of drug-likeness (QED) is 0.810. The van der Waals surface area contributed by atoms with E-state index < -0.39 is 6.04 Å².